The molecule has 1 rings (SSSR count). The summed E-state index contributed by atoms with van der Waals surface area (Å²) in [5, 5.41) is 9.22. The monoisotopic (exact) mass is 439 g/mol. The van der Waals surface area contributed by atoms with Crippen molar-refractivity contribution < 1.29 is 4.79 Å². The standard InChI is InChI=1S/C14H25N5OS.HI/c1-10(2)13(20)16-6-7-17-14(15-4)19(5)8-12-9-21-11(3)18-12;/h9-10H,6-8H2,1-5H3,(H,15,17)(H,16,20);1H. The summed E-state index contributed by atoms with van der Waals surface area (Å²) in [6.45, 7) is 7.70. The molecule has 2 N–H and O–H groups in total. The van der Waals surface area contributed by atoms with Crippen LogP contribution in [0.4, 0.5) is 0 Å². The second-order valence-corrected chi connectivity index (χ2v) is 6.20. The van der Waals surface area contributed by atoms with Crippen LogP contribution in [-0.2, 0) is 11.3 Å². The van der Waals surface area contributed by atoms with E-state index in [1.165, 1.54) is 0 Å². The number of aromatic nitrogens is 1. The van der Waals surface area contributed by atoms with Crippen LogP contribution >= 0.6 is 35.3 Å². The number of thiazole rings is 1. The number of halogens is 1. The molecule has 0 aliphatic heterocycles. The lowest BCUT2D eigenvalue weighted by Gasteiger charge is -2.21. The topological polar surface area (TPSA) is 69.6 Å². The molecule has 0 aliphatic rings. The van der Waals surface area contributed by atoms with Gasteiger partial charge in [-0.25, -0.2) is 4.98 Å². The van der Waals surface area contributed by atoms with Crippen molar-refractivity contribution in [2.75, 3.05) is 27.2 Å². The molecule has 0 aromatic carbocycles. The van der Waals surface area contributed by atoms with Gasteiger partial charge < -0.3 is 15.5 Å². The number of carbonyl (C=O) groups is 1. The van der Waals surface area contributed by atoms with Crippen LogP contribution in [-0.4, -0.2) is 48.9 Å². The molecular weight excluding hydrogens is 413 g/mol. The summed E-state index contributed by atoms with van der Waals surface area (Å²) in [5.74, 6) is 0.873. The van der Waals surface area contributed by atoms with E-state index < -0.39 is 0 Å². The highest BCUT2D eigenvalue weighted by Crippen LogP contribution is 2.09. The fraction of sp³-hybridized carbons (Fsp3) is 0.643. The molecular formula is C14H26IN5OS. The fourth-order valence-electron chi connectivity index (χ4n) is 1.75. The number of rotatable bonds is 6. The van der Waals surface area contributed by atoms with E-state index in [9.17, 15) is 4.79 Å². The predicted octanol–water partition coefficient (Wildman–Crippen LogP) is 1.85. The zero-order valence-electron chi connectivity index (χ0n) is 13.8. The highest BCUT2D eigenvalue weighted by atomic mass is 127. The summed E-state index contributed by atoms with van der Waals surface area (Å²) in [7, 11) is 3.72. The van der Waals surface area contributed by atoms with E-state index in [1.54, 1.807) is 18.4 Å². The molecule has 1 amide bonds. The van der Waals surface area contributed by atoms with Crippen molar-refractivity contribution in [1.82, 2.24) is 20.5 Å². The molecule has 0 fully saturated rings. The Hall–Kier alpha value is -0.900. The van der Waals surface area contributed by atoms with Gasteiger partial charge in [-0.05, 0) is 6.92 Å². The van der Waals surface area contributed by atoms with Gasteiger partial charge in [-0.1, -0.05) is 13.8 Å². The summed E-state index contributed by atoms with van der Waals surface area (Å²) in [6.07, 6.45) is 0. The predicted molar refractivity (Wildman–Crippen MR) is 103 cm³/mol. The second kappa shape index (κ2) is 10.8. The van der Waals surface area contributed by atoms with Crippen molar-refractivity contribution in [3.8, 4) is 0 Å². The Kier molecular flexibility index (Phi) is 10.3. The number of aliphatic imine (C=N–C) groups is 1. The second-order valence-electron chi connectivity index (χ2n) is 5.13. The Balaban J connectivity index is 0.00000441. The Morgan fingerprint density at radius 1 is 1.41 bits per heavy atom. The third-order valence-electron chi connectivity index (χ3n) is 2.87. The molecule has 0 aliphatic carbocycles. The van der Waals surface area contributed by atoms with Gasteiger partial charge in [0.25, 0.3) is 0 Å². The van der Waals surface area contributed by atoms with Gasteiger partial charge in [0.15, 0.2) is 5.96 Å². The maximum absolute atomic E-state index is 11.4. The first kappa shape index (κ1) is 21.1. The number of hydrogen-bond donors (Lipinski definition) is 2. The molecule has 0 radical (unpaired) electrons. The van der Waals surface area contributed by atoms with E-state index in [1.807, 2.05) is 32.7 Å². The molecule has 0 saturated carbocycles. The molecule has 6 nitrogen and oxygen atoms in total. The summed E-state index contributed by atoms with van der Waals surface area (Å²) in [5.41, 5.74) is 1.04. The minimum absolute atomic E-state index is 0. The van der Waals surface area contributed by atoms with Gasteiger partial charge in [0, 0.05) is 38.5 Å². The van der Waals surface area contributed by atoms with Crippen LogP contribution in [0.1, 0.15) is 24.5 Å². The van der Waals surface area contributed by atoms with Gasteiger partial charge in [0.1, 0.15) is 0 Å². The van der Waals surface area contributed by atoms with Gasteiger partial charge in [0.2, 0.25) is 5.91 Å². The summed E-state index contributed by atoms with van der Waals surface area (Å²) in [4.78, 5) is 22.1. The molecule has 0 atom stereocenters. The Bertz CT molecular complexity index is 489. The molecule has 8 heteroatoms. The van der Waals surface area contributed by atoms with E-state index in [2.05, 4.69) is 26.0 Å². The van der Waals surface area contributed by atoms with Crippen molar-refractivity contribution in [2.24, 2.45) is 10.9 Å². The number of guanidine groups is 1. The molecule has 1 aromatic heterocycles. The van der Waals surface area contributed by atoms with E-state index in [0.29, 0.717) is 19.6 Å². The molecule has 126 valence electrons. The van der Waals surface area contributed by atoms with E-state index >= 15 is 0 Å². The lowest BCUT2D eigenvalue weighted by molar-refractivity contribution is -0.123. The van der Waals surface area contributed by atoms with Crippen LogP contribution in [0, 0.1) is 12.8 Å². The van der Waals surface area contributed by atoms with Crippen molar-refractivity contribution in [1.29, 1.82) is 0 Å². The first-order valence-corrected chi connectivity index (χ1v) is 7.92. The van der Waals surface area contributed by atoms with Crippen LogP contribution < -0.4 is 10.6 Å². The normalized spacial score (nSPS) is 11.1. The lowest BCUT2D eigenvalue weighted by atomic mass is 10.2. The first-order valence-electron chi connectivity index (χ1n) is 7.04. The largest absolute Gasteiger partial charge is 0.354 e. The van der Waals surface area contributed by atoms with Gasteiger partial charge in [0.05, 0.1) is 17.2 Å². The van der Waals surface area contributed by atoms with Crippen LogP contribution in [0.2, 0.25) is 0 Å². The number of hydrogen-bond acceptors (Lipinski definition) is 4. The van der Waals surface area contributed by atoms with Crippen LogP contribution in [0.3, 0.4) is 0 Å². The minimum Gasteiger partial charge on any atom is -0.354 e. The average molecular weight is 439 g/mol. The Labute approximate surface area is 153 Å². The van der Waals surface area contributed by atoms with E-state index in [4.69, 9.17) is 0 Å². The summed E-state index contributed by atoms with van der Waals surface area (Å²) in [6, 6.07) is 0. The third kappa shape index (κ3) is 7.39. The van der Waals surface area contributed by atoms with Gasteiger partial charge in [-0.3, -0.25) is 9.79 Å². The highest BCUT2D eigenvalue weighted by molar-refractivity contribution is 14.0. The number of nitrogens with zero attached hydrogens (tertiary/aromatic N) is 3. The zero-order chi connectivity index (χ0) is 15.8. The number of nitrogens with one attached hydrogen (secondary N) is 2. The van der Waals surface area contributed by atoms with Crippen molar-refractivity contribution >= 4 is 47.2 Å². The Morgan fingerprint density at radius 2 is 2.05 bits per heavy atom. The van der Waals surface area contributed by atoms with Crippen LogP contribution in [0.25, 0.3) is 0 Å². The van der Waals surface area contributed by atoms with Crippen molar-refractivity contribution in [3.63, 3.8) is 0 Å². The number of aryl methyl sites for hydroxylation is 1. The molecule has 0 bridgehead atoms. The maximum Gasteiger partial charge on any atom is 0.222 e. The maximum atomic E-state index is 11.4. The van der Waals surface area contributed by atoms with Crippen LogP contribution in [0.15, 0.2) is 10.4 Å². The zero-order valence-corrected chi connectivity index (χ0v) is 17.0. The lowest BCUT2D eigenvalue weighted by Crippen LogP contribution is -2.42. The van der Waals surface area contributed by atoms with Gasteiger partial charge in [-0.15, -0.1) is 35.3 Å². The highest BCUT2D eigenvalue weighted by Gasteiger charge is 2.09. The quantitative estimate of drug-likeness (QED) is 0.307. The van der Waals surface area contributed by atoms with Crippen molar-refractivity contribution in [2.45, 2.75) is 27.3 Å². The summed E-state index contributed by atoms with van der Waals surface area (Å²) >= 11 is 1.65. The fourth-order valence-corrected chi connectivity index (χ4v) is 2.35. The minimum atomic E-state index is 0. The van der Waals surface area contributed by atoms with Gasteiger partial charge >= 0.3 is 0 Å². The molecule has 1 aromatic rings. The molecule has 1 heterocycles. The smallest absolute Gasteiger partial charge is 0.222 e. The molecule has 0 spiro atoms. The SMILES string of the molecule is CN=C(NCCNC(=O)C(C)C)N(C)Cc1csc(C)n1.I. The Morgan fingerprint density at radius 3 is 2.55 bits per heavy atom. The molecule has 22 heavy (non-hydrogen) atoms. The molecule has 0 saturated heterocycles. The third-order valence-corrected chi connectivity index (χ3v) is 3.69. The molecule has 0 unspecified atom stereocenters. The number of amides is 1. The summed E-state index contributed by atoms with van der Waals surface area (Å²) < 4.78 is 0. The average Bonchev–Trinajstić information content (AvgIpc) is 2.83. The van der Waals surface area contributed by atoms with E-state index in [-0.39, 0.29) is 35.8 Å². The van der Waals surface area contributed by atoms with Gasteiger partial charge in [-0.2, -0.15) is 0 Å². The van der Waals surface area contributed by atoms with Crippen molar-refractivity contribution in [3.05, 3.63) is 16.1 Å². The first-order chi connectivity index (χ1) is 9.93. The van der Waals surface area contributed by atoms with Crippen LogP contribution in [0.5, 0.6) is 0 Å². The number of carbonyl (C=O) groups excluding carboxylic acids is 1. The van der Waals surface area contributed by atoms with E-state index in [0.717, 1.165) is 16.7 Å².